The maximum absolute atomic E-state index is 12.5. The number of hydrogen-bond donors (Lipinski definition) is 0. The van der Waals surface area contributed by atoms with Crippen LogP contribution in [0.5, 0.6) is 0 Å². The molecule has 1 saturated heterocycles. The van der Waals surface area contributed by atoms with Gasteiger partial charge in [0.05, 0.1) is 17.6 Å². The largest absolute Gasteiger partial charge is 0.522 e. The summed E-state index contributed by atoms with van der Waals surface area (Å²) in [5, 5.41) is 0.256. The number of likely N-dealkylation sites (tertiary alicyclic amines) is 1. The van der Waals surface area contributed by atoms with E-state index >= 15 is 0 Å². The molecular formula is C23H32F3N3O3S. The van der Waals surface area contributed by atoms with Crippen LogP contribution >= 0.6 is 11.8 Å². The van der Waals surface area contributed by atoms with Crippen molar-refractivity contribution < 1.29 is 27.4 Å². The van der Waals surface area contributed by atoms with Crippen LogP contribution in [0.25, 0.3) is 11.0 Å². The van der Waals surface area contributed by atoms with Crippen molar-refractivity contribution in [2.75, 3.05) is 19.7 Å². The van der Waals surface area contributed by atoms with Gasteiger partial charge in [0, 0.05) is 36.2 Å². The minimum atomic E-state index is -4.65. The van der Waals surface area contributed by atoms with Gasteiger partial charge in [-0.1, -0.05) is 20.8 Å². The molecule has 1 amide bonds. The van der Waals surface area contributed by atoms with E-state index in [2.05, 4.69) is 25.5 Å². The molecule has 0 atom stereocenters. The van der Waals surface area contributed by atoms with Gasteiger partial charge >= 0.3 is 12.5 Å². The number of imidazole rings is 1. The zero-order valence-corrected chi connectivity index (χ0v) is 20.8. The summed E-state index contributed by atoms with van der Waals surface area (Å²) in [5.41, 5.74) is 0.941. The highest BCUT2D eigenvalue weighted by Crippen LogP contribution is 2.33. The lowest BCUT2D eigenvalue weighted by atomic mass is 9.92. The lowest BCUT2D eigenvalue weighted by molar-refractivity contribution is -0.325. The van der Waals surface area contributed by atoms with Gasteiger partial charge < -0.3 is 14.2 Å². The molecule has 0 unspecified atom stereocenters. The molecule has 6 nitrogen and oxygen atoms in total. The minimum Gasteiger partial charge on any atom is -0.444 e. The van der Waals surface area contributed by atoms with Crippen LogP contribution in [0.3, 0.4) is 0 Å². The molecule has 184 valence electrons. The molecule has 0 radical (unpaired) electrons. The number of carbonyl (C=O) groups excluding carboxylic acids is 1. The standard InChI is InChI=1S/C23H32F3N3O3S/c1-21(2,3)12-19-27-17-11-15(7-8-18(17)29(19)9-10-31-23(24,25)26)33-16-13-28(14-16)20(30)32-22(4,5)6/h7-8,11,16H,9-10,12-14H2,1-6H3. The lowest BCUT2D eigenvalue weighted by Gasteiger charge is -2.39. The van der Waals surface area contributed by atoms with Crippen molar-refractivity contribution in [3.63, 3.8) is 0 Å². The third-order valence-corrected chi connectivity index (χ3v) is 6.03. The zero-order valence-electron chi connectivity index (χ0n) is 20.0. The smallest absolute Gasteiger partial charge is 0.444 e. The Bertz CT molecular complexity index is 987. The van der Waals surface area contributed by atoms with Crippen LogP contribution in [0.4, 0.5) is 18.0 Å². The maximum atomic E-state index is 12.5. The van der Waals surface area contributed by atoms with E-state index in [9.17, 15) is 18.0 Å². The Morgan fingerprint density at radius 2 is 1.82 bits per heavy atom. The van der Waals surface area contributed by atoms with E-state index in [0.29, 0.717) is 19.5 Å². The van der Waals surface area contributed by atoms with E-state index in [-0.39, 0.29) is 23.3 Å². The summed E-state index contributed by atoms with van der Waals surface area (Å²) in [6.45, 7) is 12.5. The Morgan fingerprint density at radius 1 is 1.15 bits per heavy atom. The summed E-state index contributed by atoms with van der Waals surface area (Å²) < 4.78 is 48.6. The second kappa shape index (κ2) is 9.37. The third kappa shape index (κ3) is 7.53. The molecule has 2 aromatic rings. The molecule has 33 heavy (non-hydrogen) atoms. The molecule has 1 aromatic carbocycles. The van der Waals surface area contributed by atoms with E-state index in [0.717, 1.165) is 21.8 Å². The van der Waals surface area contributed by atoms with Crippen molar-refractivity contribution in [2.24, 2.45) is 5.41 Å². The van der Waals surface area contributed by atoms with Gasteiger partial charge in [-0.05, 0) is 44.4 Å². The molecule has 10 heteroatoms. The number of rotatable bonds is 6. The SMILES string of the molecule is CC(C)(C)Cc1nc2cc(SC3CN(C(=O)OC(C)(C)C)C3)ccc2n1CCOC(F)(F)F. The van der Waals surface area contributed by atoms with E-state index in [1.165, 1.54) is 0 Å². The highest BCUT2D eigenvalue weighted by molar-refractivity contribution is 8.00. The fourth-order valence-corrected chi connectivity index (χ4v) is 4.75. The first-order chi connectivity index (χ1) is 15.1. The number of carbonyl (C=O) groups is 1. The summed E-state index contributed by atoms with van der Waals surface area (Å²) in [6.07, 6.45) is -4.33. The van der Waals surface area contributed by atoms with Crippen LogP contribution in [0, 0.1) is 5.41 Å². The van der Waals surface area contributed by atoms with Crippen LogP contribution in [-0.2, 0) is 22.4 Å². The zero-order chi connectivity index (χ0) is 24.6. The number of ether oxygens (including phenoxy) is 2. The summed E-state index contributed by atoms with van der Waals surface area (Å²) in [4.78, 5) is 19.5. The first kappa shape index (κ1) is 25.7. The molecule has 0 aliphatic carbocycles. The van der Waals surface area contributed by atoms with Crippen LogP contribution in [0.1, 0.15) is 47.4 Å². The molecule has 2 heterocycles. The molecule has 1 aliphatic heterocycles. The Balaban J connectivity index is 1.70. The maximum Gasteiger partial charge on any atom is 0.522 e. The predicted octanol–water partition coefficient (Wildman–Crippen LogP) is 5.87. The Labute approximate surface area is 196 Å². The van der Waals surface area contributed by atoms with Crippen molar-refractivity contribution in [3.05, 3.63) is 24.0 Å². The van der Waals surface area contributed by atoms with Crippen LogP contribution in [-0.4, -0.2) is 57.5 Å². The minimum absolute atomic E-state index is 0.0708. The van der Waals surface area contributed by atoms with E-state index in [1.807, 2.05) is 43.5 Å². The normalized spacial score (nSPS) is 15.7. The molecule has 1 aromatic heterocycles. The van der Waals surface area contributed by atoms with Crippen molar-refractivity contribution >= 4 is 28.9 Å². The highest BCUT2D eigenvalue weighted by atomic mass is 32.2. The van der Waals surface area contributed by atoms with Crippen molar-refractivity contribution in [3.8, 4) is 0 Å². The van der Waals surface area contributed by atoms with E-state index < -0.39 is 18.6 Å². The molecule has 1 fully saturated rings. The van der Waals surface area contributed by atoms with Crippen molar-refractivity contribution in [1.82, 2.24) is 14.5 Å². The molecule has 1 aliphatic rings. The highest BCUT2D eigenvalue weighted by Gasteiger charge is 2.34. The van der Waals surface area contributed by atoms with Crippen molar-refractivity contribution in [1.29, 1.82) is 0 Å². The second-order valence-corrected chi connectivity index (χ2v) is 11.9. The average molecular weight is 488 g/mol. The second-order valence-electron chi connectivity index (χ2n) is 10.5. The Hall–Kier alpha value is -1.94. The summed E-state index contributed by atoms with van der Waals surface area (Å²) in [7, 11) is 0. The van der Waals surface area contributed by atoms with E-state index in [4.69, 9.17) is 9.72 Å². The Kier molecular flexibility index (Phi) is 7.29. The molecule has 3 rings (SSSR count). The lowest BCUT2D eigenvalue weighted by Crippen LogP contribution is -2.53. The van der Waals surface area contributed by atoms with Gasteiger partial charge in [-0.3, -0.25) is 4.74 Å². The van der Waals surface area contributed by atoms with Gasteiger partial charge in [0.25, 0.3) is 0 Å². The first-order valence-corrected chi connectivity index (χ1v) is 11.8. The van der Waals surface area contributed by atoms with Crippen LogP contribution in [0.2, 0.25) is 0 Å². The monoisotopic (exact) mass is 487 g/mol. The summed E-state index contributed by atoms with van der Waals surface area (Å²) in [5.74, 6) is 0.741. The number of nitrogens with zero attached hydrogens (tertiary/aromatic N) is 3. The number of amides is 1. The van der Waals surface area contributed by atoms with Gasteiger partial charge in [-0.15, -0.1) is 24.9 Å². The van der Waals surface area contributed by atoms with Crippen LogP contribution < -0.4 is 0 Å². The van der Waals surface area contributed by atoms with Gasteiger partial charge in [0.2, 0.25) is 0 Å². The number of halogens is 3. The van der Waals surface area contributed by atoms with Crippen molar-refractivity contribution in [2.45, 2.75) is 76.6 Å². The molecular weight excluding hydrogens is 455 g/mol. The Morgan fingerprint density at radius 3 is 2.39 bits per heavy atom. The van der Waals surface area contributed by atoms with Gasteiger partial charge in [-0.25, -0.2) is 9.78 Å². The van der Waals surface area contributed by atoms with Crippen LogP contribution in [0.15, 0.2) is 23.1 Å². The predicted molar refractivity (Wildman–Crippen MR) is 122 cm³/mol. The number of benzene rings is 1. The molecule has 0 spiro atoms. The molecule has 0 bridgehead atoms. The number of alkyl halides is 3. The van der Waals surface area contributed by atoms with Gasteiger partial charge in [-0.2, -0.15) is 0 Å². The average Bonchev–Trinajstić information content (AvgIpc) is 2.89. The fourth-order valence-electron chi connectivity index (χ4n) is 3.52. The number of thioether (sulfide) groups is 1. The summed E-state index contributed by atoms with van der Waals surface area (Å²) in [6, 6.07) is 5.81. The van der Waals surface area contributed by atoms with Gasteiger partial charge in [0.15, 0.2) is 0 Å². The topological polar surface area (TPSA) is 56.6 Å². The first-order valence-electron chi connectivity index (χ1n) is 10.9. The fraction of sp³-hybridized carbons (Fsp3) is 0.652. The molecule has 0 N–H and O–H groups in total. The molecule has 0 saturated carbocycles. The third-order valence-electron chi connectivity index (χ3n) is 4.87. The van der Waals surface area contributed by atoms with Gasteiger partial charge in [0.1, 0.15) is 11.4 Å². The summed E-state index contributed by atoms with van der Waals surface area (Å²) >= 11 is 1.66. The quantitative estimate of drug-likeness (QED) is 0.510. The van der Waals surface area contributed by atoms with E-state index in [1.54, 1.807) is 16.7 Å². The number of fused-ring (bicyclic) bond motifs is 1. The number of aromatic nitrogens is 2. The number of hydrogen-bond acceptors (Lipinski definition) is 5.